The monoisotopic (exact) mass is 307 g/mol. The number of carbonyl (C=O) groups excluding carboxylic acids is 1. The average molecular weight is 307 g/mol. The number of aryl methyl sites for hydroxylation is 1. The summed E-state index contributed by atoms with van der Waals surface area (Å²) in [7, 11) is 1.72. The van der Waals surface area contributed by atoms with Crippen molar-refractivity contribution >= 4 is 29.0 Å². The topological polar surface area (TPSA) is 63.6 Å². The van der Waals surface area contributed by atoms with Crippen molar-refractivity contribution in [1.82, 2.24) is 10.3 Å². The molecule has 1 amide bonds. The van der Waals surface area contributed by atoms with E-state index < -0.39 is 0 Å². The molecule has 5 nitrogen and oxygen atoms in total. The molecule has 114 valence electrons. The van der Waals surface area contributed by atoms with Crippen LogP contribution in [0.3, 0.4) is 0 Å². The van der Waals surface area contributed by atoms with Crippen molar-refractivity contribution in [2.24, 2.45) is 4.99 Å². The third kappa shape index (κ3) is 3.98. The van der Waals surface area contributed by atoms with E-state index in [1.54, 1.807) is 13.3 Å². The summed E-state index contributed by atoms with van der Waals surface area (Å²) in [6.45, 7) is 5.16. The molecule has 1 aromatic heterocycles. The van der Waals surface area contributed by atoms with Gasteiger partial charge in [-0.1, -0.05) is 6.08 Å². The smallest absolute Gasteiger partial charge is 0.263 e. The van der Waals surface area contributed by atoms with E-state index in [9.17, 15) is 4.79 Å². The fourth-order valence-corrected chi connectivity index (χ4v) is 3.24. The number of ether oxygens (including phenoxy) is 1. The number of rotatable bonds is 5. The Balaban J connectivity index is 2.05. The van der Waals surface area contributed by atoms with Gasteiger partial charge in [-0.3, -0.25) is 9.79 Å². The number of carbonyl (C=O) groups is 1. The summed E-state index contributed by atoms with van der Waals surface area (Å²) in [5.74, 6) is -0.0735. The molecule has 2 heterocycles. The molecule has 1 atom stereocenters. The summed E-state index contributed by atoms with van der Waals surface area (Å²) in [5, 5.41) is 3.76. The van der Waals surface area contributed by atoms with Gasteiger partial charge in [0.25, 0.3) is 5.91 Å². The Morgan fingerprint density at radius 1 is 1.62 bits per heavy atom. The van der Waals surface area contributed by atoms with Gasteiger partial charge >= 0.3 is 0 Å². The van der Waals surface area contributed by atoms with Gasteiger partial charge in [0.1, 0.15) is 9.88 Å². The standard InChI is InChI=1S/C15H21N3O2S/c1-4-11(8-16-3)15-18-10(2)13(21-15)14(19)17-9-12-6-5-7-20-12/h4,8,12H,5-7,9H2,1-3H3,(H,17,19)/b11-4+,16-8?. The van der Waals surface area contributed by atoms with Crippen molar-refractivity contribution in [1.29, 1.82) is 0 Å². The summed E-state index contributed by atoms with van der Waals surface area (Å²) in [4.78, 5) is 21.4. The van der Waals surface area contributed by atoms with E-state index in [1.807, 2.05) is 19.9 Å². The fourth-order valence-electron chi connectivity index (χ4n) is 2.22. The molecule has 1 saturated heterocycles. The van der Waals surface area contributed by atoms with E-state index in [0.717, 1.165) is 35.7 Å². The van der Waals surface area contributed by atoms with Crippen molar-refractivity contribution in [2.45, 2.75) is 32.8 Å². The van der Waals surface area contributed by atoms with Gasteiger partial charge in [0.15, 0.2) is 0 Å². The van der Waals surface area contributed by atoms with Crippen molar-refractivity contribution in [3.63, 3.8) is 0 Å². The highest BCUT2D eigenvalue weighted by molar-refractivity contribution is 7.15. The average Bonchev–Trinajstić information content (AvgIpc) is 3.11. The number of thiazole rings is 1. The number of aliphatic imine (C=N–C) groups is 1. The first-order valence-electron chi connectivity index (χ1n) is 7.11. The second kappa shape index (κ2) is 7.47. The Bertz CT molecular complexity index is 557. The third-order valence-electron chi connectivity index (χ3n) is 3.34. The van der Waals surface area contributed by atoms with Crippen LogP contribution in [-0.2, 0) is 4.74 Å². The highest BCUT2D eigenvalue weighted by Crippen LogP contribution is 2.23. The Morgan fingerprint density at radius 3 is 3.05 bits per heavy atom. The molecule has 0 radical (unpaired) electrons. The summed E-state index contributed by atoms with van der Waals surface area (Å²) in [6.07, 6.45) is 5.94. The molecule has 6 heteroatoms. The molecule has 0 aliphatic carbocycles. The van der Waals surface area contributed by atoms with Gasteiger partial charge < -0.3 is 10.1 Å². The van der Waals surface area contributed by atoms with Crippen molar-refractivity contribution in [3.8, 4) is 0 Å². The zero-order chi connectivity index (χ0) is 15.2. The minimum absolute atomic E-state index is 0.0735. The second-order valence-corrected chi connectivity index (χ2v) is 5.91. The molecule has 1 fully saturated rings. The van der Waals surface area contributed by atoms with Crippen LogP contribution < -0.4 is 5.32 Å². The van der Waals surface area contributed by atoms with Gasteiger partial charge in [-0.25, -0.2) is 4.98 Å². The predicted octanol–water partition coefficient (Wildman–Crippen LogP) is 2.46. The molecule has 0 bridgehead atoms. The van der Waals surface area contributed by atoms with E-state index in [2.05, 4.69) is 15.3 Å². The van der Waals surface area contributed by atoms with Gasteiger partial charge in [-0.05, 0) is 26.7 Å². The molecule has 1 unspecified atom stereocenters. The number of nitrogens with one attached hydrogen (secondary N) is 1. The molecule has 2 rings (SSSR count). The summed E-state index contributed by atoms with van der Waals surface area (Å²) in [6, 6.07) is 0. The molecule has 0 saturated carbocycles. The van der Waals surface area contributed by atoms with Crippen LogP contribution >= 0.6 is 11.3 Å². The van der Waals surface area contributed by atoms with Crippen LogP contribution in [0.15, 0.2) is 11.1 Å². The maximum atomic E-state index is 12.3. The molecule has 0 aromatic carbocycles. The Labute approximate surface area is 129 Å². The van der Waals surface area contributed by atoms with Crippen LogP contribution in [0.2, 0.25) is 0 Å². The van der Waals surface area contributed by atoms with Gasteiger partial charge in [-0.2, -0.15) is 0 Å². The molecule has 1 aliphatic heterocycles. The Hall–Kier alpha value is -1.53. The van der Waals surface area contributed by atoms with Crippen LogP contribution in [-0.4, -0.2) is 43.4 Å². The first-order chi connectivity index (χ1) is 10.2. The lowest BCUT2D eigenvalue weighted by atomic mass is 10.2. The van der Waals surface area contributed by atoms with Gasteiger partial charge in [-0.15, -0.1) is 11.3 Å². The number of amides is 1. The summed E-state index contributed by atoms with van der Waals surface area (Å²) in [5.41, 5.74) is 1.69. The van der Waals surface area contributed by atoms with E-state index in [-0.39, 0.29) is 12.0 Å². The van der Waals surface area contributed by atoms with E-state index in [1.165, 1.54) is 11.3 Å². The zero-order valence-electron chi connectivity index (χ0n) is 12.7. The maximum Gasteiger partial charge on any atom is 0.263 e. The quantitative estimate of drug-likeness (QED) is 0.850. The predicted molar refractivity (Wildman–Crippen MR) is 86.2 cm³/mol. The van der Waals surface area contributed by atoms with Gasteiger partial charge in [0, 0.05) is 32.0 Å². The van der Waals surface area contributed by atoms with Gasteiger partial charge in [0.05, 0.1) is 11.8 Å². The minimum atomic E-state index is -0.0735. The lowest BCUT2D eigenvalue weighted by molar-refractivity contribution is 0.0860. The number of hydrogen-bond donors (Lipinski definition) is 1. The Kier molecular flexibility index (Phi) is 5.64. The van der Waals surface area contributed by atoms with Crippen LogP contribution in [0.4, 0.5) is 0 Å². The van der Waals surface area contributed by atoms with E-state index in [4.69, 9.17) is 4.74 Å². The highest BCUT2D eigenvalue weighted by atomic mass is 32.1. The Morgan fingerprint density at radius 2 is 2.43 bits per heavy atom. The number of allylic oxidation sites excluding steroid dienone is 2. The van der Waals surface area contributed by atoms with Crippen LogP contribution in [0.1, 0.15) is 40.1 Å². The maximum absolute atomic E-state index is 12.3. The number of aromatic nitrogens is 1. The van der Waals surface area contributed by atoms with E-state index in [0.29, 0.717) is 11.4 Å². The lowest BCUT2D eigenvalue weighted by Gasteiger charge is -2.09. The van der Waals surface area contributed by atoms with Crippen molar-refractivity contribution in [2.75, 3.05) is 20.2 Å². The van der Waals surface area contributed by atoms with Crippen LogP contribution in [0, 0.1) is 6.92 Å². The number of nitrogens with zero attached hydrogens (tertiary/aromatic N) is 2. The van der Waals surface area contributed by atoms with Gasteiger partial charge in [0.2, 0.25) is 0 Å². The molecule has 1 aliphatic rings. The minimum Gasteiger partial charge on any atom is -0.376 e. The first kappa shape index (κ1) is 15.9. The molecule has 1 N–H and O–H groups in total. The summed E-state index contributed by atoms with van der Waals surface area (Å²) < 4.78 is 5.51. The molecule has 1 aromatic rings. The third-order valence-corrected chi connectivity index (χ3v) is 4.55. The summed E-state index contributed by atoms with van der Waals surface area (Å²) >= 11 is 1.40. The normalized spacial score (nSPS) is 19.4. The first-order valence-corrected chi connectivity index (χ1v) is 7.93. The highest BCUT2D eigenvalue weighted by Gasteiger charge is 2.20. The van der Waals surface area contributed by atoms with Crippen molar-refractivity contribution < 1.29 is 9.53 Å². The lowest BCUT2D eigenvalue weighted by Crippen LogP contribution is -2.31. The molecular formula is C15H21N3O2S. The zero-order valence-corrected chi connectivity index (χ0v) is 13.5. The SMILES string of the molecule is C/C=C(\C=NC)c1nc(C)c(C(=O)NCC2CCCO2)s1. The van der Waals surface area contributed by atoms with Crippen LogP contribution in [0.5, 0.6) is 0 Å². The van der Waals surface area contributed by atoms with Crippen molar-refractivity contribution in [3.05, 3.63) is 21.7 Å². The van der Waals surface area contributed by atoms with E-state index >= 15 is 0 Å². The van der Waals surface area contributed by atoms with Crippen LogP contribution in [0.25, 0.3) is 5.57 Å². The molecule has 21 heavy (non-hydrogen) atoms. The molecular weight excluding hydrogens is 286 g/mol. The molecule has 0 spiro atoms. The largest absolute Gasteiger partial charge is 0.376 e. The second-order valence-electron chi connectivity index (χ2n) is 4.91. The number of hydrogen-bond acceptors (Lipinski definition) is 5. The fraction of sp³-hybridized carbons (Fsp3) is 0.533.